The molecule has 1 saturated carbocycles. The number of rotatable bonds is 3. The van der Waals surface area contributed by atoms with Gasteiger partial charge in [0.15, 0.2) is 11.6 Å². The van der Waals surface area contributed by atoms with Crippen molar-refractivity contribution in [2.24, 2.45) is 0 Å². The molecule has 0 saturated heterocycles. The maximum atomic E-state index is 13.5. The van der Waals surface area contributed by atoms with Gasteiger partial charge in [-0.3, -0.25) is 0 Å². The van der Waals surface area contributed by atoms with Gasteiger partial charge in [0.25, 0.3) is 0 Å². The van der Waals surface area contributed by atoms with Gasteiger partial charge in [0.05, 0.1) is 0 Å². The van der Waals surface area contributed by atoms with Gasteiger partial charge >= 0.3 is 5.97 Å². The number of carboxylic acids is 1. The molecular formula is C13H15FO3. The molecule has 0 bridgehead atoms. The summed E-state index contributed by atoms with van der Waals surface area (Å²) in [5, 5.41) is 9.29. The third-order valence-corrected chi connectivity index (χ3v) is 3.19. The molecule has 0 aromatic heterocycles. The molecule has 2 rings (SSSR count). The standard InChI is InChI=1S/C13H15FO3/c14-10-6-2-3-7-11(10)17-13(12(15)16)8-4-1-5-9-13/h2-3,6-7H,1,4-5,8-9H2,(H,15,16). The molecule has 1 fully saturated rings. The Bertz CT molecular complexity index is 411. The molecule has 0 radical (unpaired) electrons. The Hall–Kier alpha value is -1.58. The van der Waals surface area contributed by atoms with Crippen LogP contribution in [-0.4, -0.2) is 16.7 Å². The summed E-state index contributed by atoms with van der Waals surface area (Å²) in [5.74, 6) is -1.49. The average molecular weight is 238 g/mol. The van der Waals surface area contributed by atoms with Gasteiger partial charge in [0, 0.05) is 0 Å². The largest absolute Gasteiger partial charge is 0.478 e. The molecule has 1 aliphatic rings. The lowest BCUT2D eigenvalue weighted by molar-refractivity contribution is -0.158. The molecule has 3 nitrogen and oxygen atoms in total. The monoisotopic (exact) mass is 238 g/mol. The highest BCUT2D eigenvalue weighted by molar-refractivity contribution is 5.78. The minimum atomic E-state index is -1.25. The lowest BCUT2D eigenvalue weighted by atomic mass is 9.84. The SMILES string of the molecule is O=C(O)C1(Oc2ccccc2F)CCCCC1. The molecule has 0 amide bonds. The number of benzene rings is 1. The fraction of sp³-hybridized carbons (Fsp3) is 0.462. The van der Waals surface area contributed by atoms with Gasteiger partial charge in [-0.2, -0.15) is 0 Å². The zero-order valence-corrected chi connectivity index (χ0v) is 9.49. The quantitative estimate of drug-likeness (QED) is 0.880. The number of hydrogen-bond donors (Lipinski definition) is 1. The van der Waals surface area contributed by atoms with Gasteiger partial charge in [-0.1, -0.05) is 18.6 Å². The van der Waals surface area contributed by atoms with Crippen LogP contribution in [-0.2, 0) is 4.79 Å². The molecule has 1 N–H and O–H groups in total. The van der Waals surface area contributed by atoms with Crippen LogP contribution in [0.2, 0.25) is 0 Å². The van der Waals surface area contributed by atoms with E-state index in [1.54, 1.807) is 12.1 Å². The lowest BCUT2D eigenvalue weighted by Crippen LogP contribution is -2.46. The third kappa shape index (κ3) is 2.40. The predicted molar refractivity (Wildman–Crippen MR) is 60.5 cm³/mol. The molecule has 92 valence electrons. The number of ether oxygens (including phenoxy) is 1. The van der Waals surface area contributed by atoms with Crippen molar-refractivity contribution in [2.75, 3.05) is 0 Å². The van der Waals surface area contributed by atoms with E-state index >= 15 is 0 Å². The molecule has 1 aromatic carbocycles. The molecule has 0 spiro atoms. The van der Waals surface area contributed by atoms with Crippen LogP contribution in [0.5, 0.6) is 5.75 Å². The van der Waals surface area contributed by atoms with Crippen molar-refractivity contribution in [1.29, 1.82) is 0 Å². The summed E-state index contributed by atoms with van der Waals surface area (Å²) in [5.41, 5.74) is -1.25. The van der Waals surface area contributed by atoms with Crippen molar-refractivity contribution in [3.8, 4) is 5.75 Å². The summed E-state index contributed by atoms with van der Waals surface area (Å²) < 4.78 is 18.9. The molecule has 0 unspecified atom stereocenters. The highest BCUT2D eigenvalue weighted by atomic mass is 19.1. The Morgan fingerprint density at radius 3 is 2.47 bits per heavy atom. The Morgan fingerprint density at radius 1 is 1.24 bits per heavy atom. The molecule has 0 atom stereocenters. The molecule has 0 heterocycles. The molecule has 0 aliphatic heterocycles. The first-order valence-electron chi connectivity index (χ1n) is 5.81. The van der Waals surface area contributed by atoms with E-state index in [4.69, 9.17) is 4.74 Å². The molecule has 4 heteroatoms. The summed E-state index contributed by atoms with van der Waals surface area (Å²) in [6.45, 7) is 0. The summed E-state index contributed by atoms with van der Waals surface area (Å²) >= 11 is 0. The van der Waals surface area contributed by atoms with E-state index in [-0.39, 0.29) is 5.75 Å². The van der Waals surface area contributed by atoms with Crippen LogP contribution >= 0.6 is 0 Å². The van der Waals surface area contributed by atoms with Crippen molar-refractivity contribution >= 4 is 5.97 Å². The van der Waals surface area contributed by atoms with Crippen LogP contribution < -0.4 is 4.74 Å². The van der Waals surface area contributed by atoms with Crippen LogP contribution in [0.3, 0.4) is 0 Å². The summed E-state index contributed by atoms with van der Waals surface area (Å²) in [6.07, 6.45) is 3.50. The van der Waals surface area contributed by atoms with Crippen molar-refractivity contribution in [2.45, 2.75) is 37.7 Å². The van der Waals surface area contributed by atoms with E-state index in [2.05, 4.69) is 0 Å². The molecular weight excluding hydrogens is 223 g/mol. The molecule has 1 aromatic rings. The Kier molecular flexibility index (Phi) is 3.31. The van der Waals surface area contributed by atoms with Crippen LogP contribution in [0.15, 0.2) is 24.3 Å². The van der Waals surface area contributed by atoms with E-state index in [9.17, 15) is 14.3 Å². The zero-order valence-electron chi connectivity index (χ0n) is 9.49. The first kappa shape index (κ1) is 11.9. The zero-order chi connectivity index (χ0) is 12.3. The lowest BCUT2D eigenvalue weighted by Gasteiger charge is -2.33. The average Bonchev–Trinajstić information content (AvgIpc) is 2.33. The molecule has 17 heavy (non-hydrogen) atoms. The fourth-order valence-electron chi connectivity index (χ4n) is 2.22. The Labute approximate surface area is 99.2 Å². The minimum Gasteiger partial charge on any atom is -0.478 e. The maximum absolute atomic E-state index is 13.5. The Morgan fingerprint density at radius 2 is 1.88 bits per heavy atom. The number of para-hydroxylation sites is 1. The smallest absolute Gasteiger partial charge is 0.348 e. The predicted octanol–water partition coefficient (Wildman–Crippen LogP) is 2.99. The van der Waals surface area contributed by atoms with E-state index < -0.39 is 17.4 Å². The van der Waals surface area contributed by atoms with E-state index in [1.165, 1.54) is 12.1 Å². The highest BCUT2D eigenvalue weighted by Crippen LogP contribution is 2.34. The Balaban J connectivity index is 2.24. The fourth-order valence-corrected chi connectivity index (χ4v) is 2.22. The van der Waals surface area contributed by atoms with Crippen LogP contribution in [0.25, 0.3) is 0 Å². The van der Waals surface area contributed by atoms with Crippen LogP contribution in [0, 0.1) is 5.82 Å². The minimum absolute atomic E-state index is 0.0248. The van der Waals surface area contributed by atoms with Crippen molar-refractivity contribution in [3.63, 3.8) is 0 Å². The van der Waals surface area contributed by atoms with Gasteiger partial charge < -0.3 is 9.84 Å². The highest BCUT2D eigenvalue weighted by Gasteiger charge is 2.42. The second-order valence-corrected chi connectivity index (χ2v) is 4.39. The van der Waals surface area contributed by atoms with Gasteiger partial charge in [-0.05, 0) is 37.8 Å². The van der Waals surface area contributed by atoms with Gasteiger partial charge in [0.1, 0.15) is 0 Å². The van der Waals surface area contributed by atoms with E-state index in [0.717, 1.165) is 19.3 Å². The number of aliphatic carboxylic acids is 1. The van der Waals surface area contributed by atoms with Crippen molar-refractivity contribution < 1.29 is 19.0 Å². The number of halogens is 1. The topological polar surface area (TPSA) is 46.5 Å². The van der Waals surface area contributed by atoms with Crippen molar-refractivity contribution in [1.82, 2.24) is 0 Å². The normalized spacial score (nSPS) is 18.6. The maximum Gasteiger partial charge on any atom is 0.348 e. The van der Waals surface area contributed by atoms with Gasteiger partial charge in [-0.15, -0.1) is 0 Å². The van der Waals surface area contributed by atoms with E-state index in [0.29, 0.717) is 12.8 Å². The third-order valence-electron chi connectivity index (χ3n) is 3.19. The first-order valence-corrected chi connectivity index (χ1v) is 5.81. The van der Waals surface area contributed by atoms with Crippen molar-refractivity contribution in [3.05, 3.63) is 30.1 Å². The summed E-state index contributed by atoms with van der Waals surface area (Å²) in [7, 11) is 0. The number of hydrogen-bond acceptors (Lipinski definition) is 2. The van der Waals surface area contributed by atoms with Crippen LogP contribution in [0.4, 0.5) is 4.39 Å². The second kappa shape index (κ2) is 4.73. The van der Waals surface area contributed by atoms with E-state index in [1.807, 2.05) is 0 Å². The molecule has 1 aliphatic carbocycles. The summed E-state index contributed by atoms with van der Waals surface area (Å²) in [4.78, 5) is 11.3. The van der Waals surface area contributed by atoms with Gasteiger partial charge in [0.2, 0.25) is 5.60 Å². The summed E-state index contributed by atoms with van der Waals surface area (Å²) in [6, 6.07) is 5.93. The number of carbonyl (C=O) groups is 1. The second-order valence-electron chi connectivity index (χ2n) is 4.39. The van der Waals surface area contributed by atoms with Crippen LogP contribution in [0.1, 0.15) is 32.1 Å². The number of carboxylic acid groups (broad SMARTS) is 1. The van der Waals surface area contributed by atoms with Gasteiger partial charge in [-0.25, -0.2) is 9.18 Å². The first-order chi connectivity index (χ1) is 8.14.